The average molecular weight is 768 g/mol. The van der Waals surface area contributed by atoms with Crippen LogP contribution in [0, 0.1) is 11.8 Å². The van der Waals surface area contributed by atoms with Crippen molar-refractivity contribution in [1.82, 2.24) is 0 Å². The van der Waals surface area contributed by atoms with Crippen LogP contribution in [0.5, 0.6) is 0 Å². The molecule has 0 amide bonds. The Labute approximate surface area is 314 Å². The second-order valence-electron chi connectivity index (χ2n) is 15.5. The van der Waals surface area contributed by atoms with Gasteiger partial charge in [-0.2, -0.15) is 0 Å². The molecule has 0 aliphatic carbocycles. The largest absolute Gasteiger partial charge is 0.407 e. The zero-order valence-electron chi connectivity index (χ0n) is 31.4. The molecule has 4 aromatic carbocycles. The first-order chi connectivity index (χ1) is 24.1. The van der Waals surface area contributed by atoms with E-state index in [0.29, 0.717) is 13.0 Å². The Hall–Kier alpha value is -2.73. The Balaban J connectivity index is 1.70. The highest BCUT2D eigenvalue weighted by Crippen LogP contribution is 2.39. The van der Waals surface area contributed by atoms with Gasteiger partial charge in [0.05, 0.1) is 6.10 Å². The molecule has 0 saturated heterocycles. The lowest BCUT2D eigenvalue weighted by Gasteiger charge is -2.46. The third kappa shape index (κ3) is 9.99. The summed E-state index contributed by atoms with van der Waals surface area (Å²) >= 11 is 3.55. The minimum atomic E-state index is -2.78. The van der Waals surface area contributed by atoms with Gasteiger partial charge in [-0.3, -0.25) is 0 Å². The van der Waals surface area contributed by atoms with Gasteiger partial charge in [0.1, 0.15) is 0 Å². The van der Waals surface area contributed by atoms with Gasteiger partial charge in [0.25, 0.3) is 16.6 Å². The minimum Gasteiger partial charge on any atom is -0.407 e. The molecule has 0 bridgehead atoms. The van der Waals surface area contributed by atoms with Crippen LogP contribution in [0.4, 0.5) is 0 Å². The van der Waals surface area contributed by atoms with Gasteiger partial charge in [-0.15, -0.1) is 11.8 Å². The van der Waals surface area contributed by atoms with Crippen LogP contribution < -0.4 is 20.7 Å². The van der Waals surface area contributed by atoms with E-state index in [1.807, 2.05) is 0 Å². The number of benzene rings is 4. The number of halogens is 1. The third-order valence-corrected chi connectivity index (χ3v) is 20.5. The van der Waals surface area contributed by atoms with Crippen molar-refractivity contribution in [1.29, 1.82) is 0 Å². The number of rotatable bonds is 17. The number of hydrogen-bond donors (Lipinski definition) is 0. The summed E-state index contributed by atoms with van der Waals surface area (Å²) in [4.78, 5) is 0. The van der Waals surface area contributed by atoms with Gasteiger partial charge in [-0.25, -0.2) is 0 Å². The minimum absolute atomic E-state index is 0.0778. The maximum absolute atomic E-state index is 7.73. The van der Waals surface area contributed by atoms with Crippen molar-refractivity contribution in [3.05, 3.63) is 121 Å². The van der Waals surface area contributed by atoms with Gasteiger partial charge < -0.3 is 8.85 Å². The second kappa shape index (κ2) is 19.2. The van der Waals surface area contributed by atoms with Crippen LogP contribution in [-0.2, 0) is 8.85 Å². The van der Waals surface area contributed by atoms with Gasteiger partial charge in [0, 0.05) is 24.8 Å². The molecular formula is C45H59BrO2Si2. The van der Waals surface area contributed by atoms with E-state index < -0.39 is 16.6 Å². The SMILES string of the molecule is CC(C)(C)[Si](OCC[C@H](CC#CCCCCCCCBr)O[Si](c1ccccc1)(c1ccccc1)C(C)(C)C)(c1ccccc1)c1ccccc1. The van der Waals surface area contributed by atoms with Gasteiger partial charge in [-0.05, 0) is 50.1 Å². The summed E-state index contributed by atoms with van der Waals surface area (Å²) in [5, 5.41) is 6.10. The Morgan fingerprint density at radius 3 is 1.36 bits per heavy atom. The molecule has 1 atom stereocenters. The molecule has 266 valence electrons. The van der Waals surface area contributed by atoms with Crippen molar-refractivity contribution in [2.24, 2.45) is 0 Å². The first-order valence-electron chi connectivity index (χ1n) is 18.6. The molecular weight excluding hydrogens is 709 g/mol. The molecule has 0 aromatic heterocycles. The zero-order chi connectivity index (χ0) is 35.9. The molecule has 0 saturated carbocycles. The van der Waals surface area contributed by atoms with Gasteiger partial charge in [0.2, 0.25) is 0 Å². The summed E-state index contributed by atoms with van der Waals surface area (Å²) in [6.45, 7) is 14.7. The predicted molar refractivity (Wildman–Crippen MR) is 225 cm³/mol. The molecule has 4 aromatic rings. The van der Waals surface area contributed by atoms with E-state index in [1.54, 1.807) is 0 Å². The van der Waals surface area contributed by atoms with Crippen LogP contribution >= 0.6 is 15.9 Å². The van der Waals surface area contributed by atoms with Crippen LogP contribution in [0.1, 0.15) is 92.9 Å². The van der Waals surface area contributed by atoms with Gasteiger partial charge in [-0.1, -0.05) is 198 Å². The number of unbranched alkanes of at least 4 members (excludes halogenated alkanes) is 5. The smallest absolute Gasteiger partial charge is 0.261 e. The molecule has 4 rings (SSSR count). The summed E-state index contributed by atoms with van der Waals surface area (Å²) in [5.41, 5.74) is 0. The van der Waals surface area contributed by atoms with Gasteiger partial charge in [0.15, 0.2) is 0 Å². The fraction of sp³-hybridized carbons (Fsp3) is 0.422. The van der Waals surface area contributed by atoms with Gasteiger partial charge >= 0.3 is 0 Å². The normalized spacial score (nSPS) is 13.0. The first-order valence-corrected chi connectivity index (χ1v) is 23.6. The maximum Gasteiger partial charge on any atom is 0.261 e. The van der Waals surface area contributed by atoms with Crippen LogP contribution in [-0.4, -0.2) is 34.7 Å². The molecule has 0 spiro atoms. The third-order valence-electron chi connectivity index (χ3n) is 9.83. The standard InChI is InChI=1S/C45H59BrO2Si2/c1-44(2,3)49(40-28-18-13-19-29-40,41-30-20-14-21-31-41)47-38-36-39(27-17-11-9-7-8-10-12-26-37-46)48-50(45(4,5)6,42-32-22-15-23-33-42)43-34-24-16-25-35-43/h13-16,18-25,28-35,39H,7-10,12,26-27,36-38H2,1-6H3/t39-/m0/s1. The molecule has 0 aliphatic heterocycles. The molecule has 2 nitrogen and oxygen atoms in total. The maximum atomic E-state index is 7.73. The van der Waals surface area contributed by atoms with E-state index in [1.165, 1.54) is 46.4 Å². The molecule has 5 heteroatoms. The second-order valence-corrected chi connectivity index (χ2v) is 24.8. The molecule has 0 heterocycles. The van der Waals surface area contributed by atoms with Crippen LogP contribution in [0.15, 0.2) is 121 Å². The monoisotopic (exact) mass is 766 g/mol. The van der Waals surface area contributed by atoms with Crippen LogP contribution in [0.3, 0.4) is 0 Å². The summed E-state index contributed by atoms with van der Waals surface area (Å²) in [6.07, 6.45) is 8.56. The summed E-state index contributed by atoms with van der Waals surface area (Å²) < 4.78 is 15.1. The number of hydrogen-bond acceptors (Lipinski definition) is 2. The highest BCUT2D eigenvalue weighted by molar-refractivity contribution is 9.09. The molecule has 50 heavy (non-hydrogen) atoms. The van der Waals surface area contributed by atoms with E-state index in [4.69, 9.17) is 8.85 Å². The highest BCUT2D eigenvalue weighted by Gasteiger charge is 2.52. The van der Waals surface area contributed by atoms with Crippen molar-refractivity contribution < 1.29 is 8.85 Å². The van der Waals surface area contributed by atoms with Crippen LogP contribution in [0.2, 0.25) is 10.1 Å². The fourth-order valence-electron chi connectivity index (χ4n) is 7.36. The van der Waals surface area contributed by atoms with E-state index >= 15 is 0 Å². The molecule has 0 radical (unpaired) electrons. The number of alkyl halides is 1. The average Bonchev–Trinajstić information content (AvgIpc) is 3.11. The molecule has 0 fully saturated rings. The lowest BCUT2D eigenvalue weighted by molar-refractivity contribution is 0.151. The molecule has 0 N–H and O–H groups in total. The van der Waals surface area contributed by atoms with E-state index in [2.05, 4.69) is 191 Å². The Morgan fingerprint density at radius 1 is 0.540 bits per heavy atom. The van der Waals surface area contributed by atoms with E-state index in [-0.39, 0.29) is 16.2 Å². The quantitative estimate of drug-likeness (QED) is 0.0461. The zero-order valence-corrected chi connectivity index (χ0v) is 35.0. The van der Waals surface area contributed by atoms with Crippen molar-refractivity contribution in [2.75, 3.05) is 11.9 Å². The fourth-order valence-corrected chi connectivity index (χ4v) is 17.1. The lowest BCUT2D eigenvalue weighted by atomic mass is 10.1. The van der Waals surface area contributed by atoms with Crippen molar-refractivity contribution in [2.45, 2.75) is 109 Å². The van der Waals surface area contributed by atoms with Crippen molar-refractivity contribution in [3.8, 4) is 11.8 Å². The predicted octanol–water partition coefficient (Wildman–Crippen LogP) is 10.0. The Morgan fingerprint density at radius 2 is 0.940 bits per heavy atom. The van der Waals surface area contributed by atoms with Crippen molar-refractivity contribution >= 4 is 53.3 Å². The summed E-state index contributed by atoms with van der Waals surface area (Å²) in [7, 11) is -5.47. The molecule has 0 aliphatic rings. The van der Waals surface area contributed by atoms with Crippen molar-refractivity contribution in [3.63, 3.8) is 0 Å². The summed E-state index contributed by atoms with van der Waals surface area (Å²) in [5.74, 6) is 7.14. The summed E-state index contributed by atoms with van der Waals surface area (Å²) in [6, 6.07) is 43.9. The Kier molecular flexibility index (Phi) is 15.4. The molecule has 0 unspecified atom stereocenters. The van der Waals surface area contributed by atoms with E-state index in [9.17, 15) is 0 Å². The van der Waals surface area contributed by atoms with E-state index in [0.717, 1.165) is 24.6 Å². The first kappa shape index (κ1) is 40.1. The lowest BCUT2D eigenvalue weighted by Crippen LogP contribution is -2.68. The van der Waals surface area contributed by atoms with Crippen LogP contribution in [0.25, 0.3) is 0 Å². The Bertz CT molecular complexity index is 1510. The topological polar surface area (TPSA) is 18.5 Å². The highest BCUT2D eigenvalue weighted by atomic mass is 79.9.